The fraction of sp³-hybridized carbons (Fsp3) is 0.125. The first-order valence-electron chi connectivity index (χ1n) is 3.47. The number of carbonyl (C=O) groups is 1. The third kappa shape index (κ3) is 2.24. The number of nitrogens with zero attached hydrogens (tertiary/aromatic N) is 1. The van der Waals surface area contributed by atoms with E-state index in [4.69, 9.17) is 0 Å². The minimum Gasteiger partial charge on any atom is -0.298 e. The third-order valence-electron chi connectivity index (χ3n) is 1.61. The van der Waals surface area contributed by atoms with Gasteiger partial charge >= 0.3 is 0 Å². The fourth-order valence-electron chi connectivity index (χ4n) is 0.927. The first-order valence-corrected chi connectivity index (χ1v) is 5.00. The highest BCUT2D eigenvalue weighted by Gasteiger charge is 2.08. The monoisotopic (exact) mass is 291 g/mol. The Morgan fingerprint density at radius 2 is 2.23 bits per heavy atom. The van der Waals surface area contributed by atoms with E-state index in [0.717, 1.165) is 5.56 Å². The van der Waals surface area contributed by atoms with Gasteiger partial charge in [-0.25, -0.2) is 0 Å². The van der Waals surface area contributed by atoms with Gasteiger partial charge in [-0.05, 0) is 5.56 Å². The molecule has 0 radical (unpaired) electrons. The molecular weight excluding hydrogens is 285 g/mol. The molecule has 0 bridgehead atoms. The first-order chi connectivity index (χ1) is 6.19. The number of hydrogen-bond acceptors (Lipinski definition) is 3. The van der Waals surface area contributed by atoms with Gasteiger partial charge in [0, 0.05) is 22.1 Å². The molecule has 68 valence electrons. The predicted octanol–water partition coefficient (Wildman–Crippen LogP) is 2.34. The Balaban J connectivity index is 3.20. The number of halogens is 1. The highest BCUT2D eigenvalue weighted by molar-refractivity contribution is 14.1. The highest BCUT2D eigenvalue weighted by atomic mass is 127. The molecule has 0 fully saturated rings. The van der Waals surface area contributed by atoms with Gasteiger partial charge in [0.25, 0.3) is 5.69 Å². The molecule has 4 nitrogen and oxygen atoms in total. The Kier molecular flexibility index (Phi) is 3.35. The number of hydrogen-bond donors (Lipinski definition) is 0. The molecule has 0 heterocycles. The summed E-state index contributed by atoms with van der Waals surface area (Å²) in [5.74, 6) is 0. The van der Waals surface area contributed by atoms with Crippen LogP contribution in [-0.4, -0.2) is 11.2 Å². The summed E-state index contributed by atoms with van der Waals surface area (Å²) < 4.78 is 0.670. The Morgan fingerprint density at radius 1 is 1.54 bits per heavy atom. The van der Waals surface area contributed by atoms with E-state index in [1.54, 1.807) is 6.07 Å². The lowest BCUT2D eigenvalue weighted by Crippen LogP contribution is -1.93. The molecule has 0 aromatic heterocycles. The fourth-order valence-corrected chi connectivity index (χ4v) is 1.62. The number of alkyl halides is 1. The predicted molar refractivity (Wildman–Crippen MR) is 56.2 cm³/mol. The van der Waals surface area contributed by atoms with Crippen molar-refractivity contribution in [3.05, 3.63) is 39.4 Å². The molecule has 0 amide bonds. The maximum Gasteiger partial charge on any atom is 0.270 e. The largest absolute Gasteiger partial charge is 0.298 e. The molecule has 0 saturated carbocycles. The Labute approximate surface area is 88.2 Å². The smallest absolute Gasteiger partial charge is 0.270 e. The Bertz CT molecular complexity index is 351. The normalized spacial score (nSPS) is 9.62. The number of rotatable bonds is 3. The van der Waals surface area contributed by atoms with Crippen LogP contribution in [0.15, 0.2) is 18.2 Å². The van der Waals surface area contributed by atoms with Gasteiger partial charge in [0.05, 0.1) is 4.92 Å². The molecule has 0 spiro atoms. The van der Waals surface area contributed by atoms with Gasteiger partial charge < -0.3 is 0 Å². The van der Waals surface area contributed by atoms with Crippen LogP contribution in [0.4, 0.5) is 5.69 Å². The number of aldehydes is 1. The minimum atomic E-state index is -0.510. The average Bonchev–Trinajstić information content (AvgIpc) is 2.16. The van der Waals surface area contributed by atoms with Gasteiger partial charge in [-0.1, -0.05) is 28.7 Å². The Hall–Kier alpha value is -0.980. The lowest BCUT2D eigenvalue weighted by Gasteiger charge is -1.99. The van der Waals surface area contributed by atoms with Crippen LogP contribution in [0.1, 0.15) is 15.9 Å². The van der Waals surface area contributed by atoms with Gasteiger partial charge in [-0.3, -0.25) is 14.9 Å². The van der Waals surface area contributed by atoms with Crippen LogP contribution < -0.4 is 0 Å². The number of benzene rings is 1. The van der Waals surface area contributed by atoms with Crippen LogP contribution in [0, 0.1) is 10.1 Å². The minimum absolute atomic E-state index is 0.0456. The molecule has 13 heavy (non-hydrogen) atoms. The molecule has 0 aliphatic heterocycles. The molecule has 1 aromatic rings. The van der Waals surface area contributed by atoms with Crippen LogP contribution in [0.5, 0.6) is 0 Å². The van der Waals surface area contributed by atoms with Crippen LogP contribution in [0.25, 0.3) is 0 Å². The second-order valence-electron chi connectivity index (χ2n) is 2.39. The van der Waals surface area contributed by atoms with Crippen molar-refractivity contribution in [2.24, 2.45) is 0 Å². The maximum absolute atomic E-state index is 10.5. The first kappa shape index (κ1) is 10.1. The van der Waals surface area contributed by atoms with Gasteiger partial charge in [-0.15, -0.1) is 0 Å². The SMILES string of the molecule is O=Cc1cc([N+](=O)[O-])ccc1CI. The van der Waals surface area contributed by atoms with E-state index in [0.29, 0.717) is 16.3 Å². The summed E-state index contributed by atoms with van der Waals surface area (Å²) in [5, 5.41) is 10.4. The van der Waals surface area contributed by atoms with Crippen LogP contribution in [-0.2, 0) is 4.43 Å². The lowest BCUT2D eigenvalue weighted by atomic mass is 10.1. The third-order valence-corrected chi connectivity index (χ3v) is 2.43. The van der Waals surface area contributed by atoms with Crippen molar-refractivity contribution < 1.29 is 9.72 Å². The topological polar surface area (TPSA) is 60.2 Å². The van der Waals surface area contributed by atoms with Crippen molar-refractivity contribution in [2.75, 3.05) is 0 Å². The summed E-state index contributed by atoms with van der Waals surface area (Å²) >= 11 is 2.10. The van der Waals surface area contributed by atoms with Crippen molar-refractivity contribution in [2.45, 2.75) is 4.43 Å². The van der Waals surface area contributed by atoms with E-state index in [1.807, 2.05) is 0 Å². The summed E-state index contributed by atoms with van der Waals surface area (Å²) in [7, 11) is 0. The van der Waals surface area contributed by atoms with E-state index < -0.39 is 4.92 Å². The summed E-state index contributed by atoms with van der Waals surface area (Å²) in [6.07, 6.45) is 0.640. The van der Waals surface area contributed by atoms with Gasteiger partial charge in [-0.2, -0.15) is 0 Å². The molecule has 0 unspecified atom stereocenters. The molecule has 0 N–H and O–H groups in total. The van der Waals surface area contributed by atoms with Crippen molar-refractivity contribution in [3.8, 4) is 0 Å². The van der Waals surface area contributed by atoms with Gasteiger partial charge in [0.2, 0.25) is 0 Å². The summed E-state index contributed by atoms with van der Waals surface area (Å²) in [4.78, 5) is 20.4. The summed E-state index contributed by atoms with van der Waals surface area (Å²) in [6.45, 7) is 0. The molecule has 1 rings (SSSR count). The second-order valence-corrected chi connectivity index (χ2v) is 3.15. The zero-order valence-corrected chi connectivity index (χ0v) is 8.72. The highest BCUT2D eigenvalue weighted by Crippen LogP contribution is 2.18. The molecule has 0 aliphatic carbocycles. The number of nitro groups is 1. The van der Waals surface area contributed by atoms with Crippen LogP contribution in [0.3, 0.4) is 0 Å². The summed E-state index contributed by atoms with van der Waals surface area (Å²) in [6, 6.07) is 4.30. The lowest BCUT2D eigenvalue weighted by molar-refractivity contribution is -0.384. The molecule has 0 saturated heterocycles. The average molecular weight is 291 g/mol. The Morgan fingerprint density at radius 3 is 2.69 bits per heavy atom. The quantitative estimate of drug-likeness (QED) is 0.282. The van der Waals surface area contributed by atoms with Crippen molar-refractivity contribution in [3.63, 3.8) is 0 Å². The molecule has 0 atom stereocenters. The number of nitro benzene ring substituents is 1. The van der Waals surface area contributed by atoms with Crippen molar-refractivity contribution in [1.82, 2.24) is 0 Å². The van der Waals surface area contributed by atoms with Gasteiger partial charge in [0.15, 0.2) is 6.29 Å². The molecule has 5 heteroatoms. The van der Waals surface area contributed by atoms with Crippen LogP contribution in [0.2, 0.25) is 0 Å². The van der Waals surface area contributed by atoms with E-state index in [1.165, 1.54) is 12.1 Å². The van der Waals surface area contributed by atoms with Crippen molar-refractivity contribution in [1.29, 1.82) is 0 Å². The maximum atomic E-state index is 10.5. The summed E-state index contributed by atoms with van der Waals surface area (Å²) in [5.41, 5.74) is 1.17. The molecular formula is C8H6INO3. The molecule has 0 aliphatic rings. The second kappa shape index (κ2) is 4.31. The van der Waals surface area contributed by atoms with Gasteiger partial charge in [0.1, 0.15) is 0 Å². The van der Waals surface area contributed by atoms with E-state index in [9.17, 15) is 14.9 Å². The zero-order valence-electron chi connectivity index (χ0n) is 6.57. The van der Waals surface area contributed by atoms with E-state index in [2.05, 4.69) is 22.6 Å². The van der Waals surface area contributed by atoms with Crippen molar-refractivity contribution >= 4 is 34.6 Å². The zero-order chi connectivity index (χ0) is 9.84. The standard InChI is InChI=1S/C8H6INO3/c9-4-6-1-2-8(10(12)13)3-7(6)5-11/h1-3,5H,4H2. The van der Waals surface area contributed by atoms with E-state index >= 15 is 0 Å². The van der Waals surface area contributed by atoms with E-state index in [-0.39, 0.29) is 5.69 Å². The molecule has 1 aromatic carbocycles. The number of non-ortho nitro benzene ring substituents is 1. The number of carbonyl (C=O) groups excluding carboxylic acids is 1. The van der Waals surface area contributed by atoms with Crippen LogP contribution >= 0.6 is 22.6 Å².